The van der Waals surface area contributed by atoms with Gasteiger partial charge < -0.3 is 10.2 Å². The summed E-state index contributed by atoms with van der Waals surface area (Å²) in [5.41, 5.74) is 5.05. The second kappa shape index (κ2) is 10.5. The number of hydrogen-bond donors (Lipinski definition) is 2. The van der Waals surface area contributed by atoms with Crippen LogP contribution in [-0.4, -0.2) is 10.2 Å². The molecule has 0 fully saturated rings. The summed E-state index contributed by atoms with van der Waals surface area (Å²) in [5.74, 6) is 0. The Kier molecular flexibility index (Phi) is 9.83. The zero-order chi connectivity index (χ0) is 19.1. The quantitative estimate of drug-likeness (QED) is 0.702. The van der Waals surface area contributed by atoms with Crippen molar-refractivity contribution in [3.63, 3.8) is 0 Å². The average molecular weight is 359 g/mol. The highest BCUT2D eigenvalue weighted by Gasteiger charge is 2.26. The Balaban J connectivity index is 0.000000532. The maximum absolute atomic E-state index is 9.02. The second-order valence-electron chi connectivity index (χ2n) is 8.62. The van der Waals surface area contributed by atoms with Gasteiger partial charge in [0.1, 0.15) is 0 Å². The summed E-state index contributed by atoms with van der Waals surface area (Å²) < 4.78 is 0. The standard InChI is InChI=1S/C15H24O.C8H10O.CH4/c1-14(2,3)11-15(4,5)13-8-6-12(10-16)7-9-13;1-7-2-4-8(6-9)5-3-7;/h6-9,16H,10-11H2,1-5H3;2-5,9H,6H2,1H3;1H4. The molecule has 0 aliphatic heterocycles. The summed E-state index contributed by atoms with van der Waals surface area (Å²) in [4.78, 5) is 0. The number of aryl methyl sites for hydroxylation is 1. The molecule has 2 aromatic rings. The van der Waals surface area contributed by atoms with Crippen LogP contribution in [-0.2, 0) is 18.6 Å². The van der Waals surface area contributed by atoms with Crippen LogP contribution in [0.15, 0.2) is 48.5 Å². The Morgan fingerprint density at radius 2 is 1.08 bits per heavy atom. The molecule has 146 valence electrons. The minimum absolute atomic E-state index is 0. The van der Waals surface area contributed by atoms with Crippen LogP contribution in [0, 0.1) is 12.3 Å². The molecule has 2 nitrogen and oxygen atoms in total. The van der Waals surface area contributed by atoms with Crippen molar-refractivity contribution in [3.05, 3.63) is 70.8 Å². The number of rotatable bonds is 4. The summed E-state index contributed by atoms with van der Waals surface area (Å²) >= 11 is 0. The highest BCUT2D eigenvalue weighted by molar-refractivity contribution is 5.28. The molecule has 0 aliphatic carbocycles. The Bertz CT molecular complexity index is 617. The monoisotopic (exact) mass is 358 g/mol. The van der Waals surface area contributed by atoms with Crippen LogP contribution in [0.1, 0.15) is 70.7 Å². The Labute approximate surface area is 160 Å². The van der Waals surface area contributed by atoms with E-state index < -0.39 is 0 Å². The first-order chi connectivity index (χ1) is 11.6. The predicted molar refractivity (Wildman–Crippen MR) is 113 cm³/mol. The zero-order valence-corrected chi connectivity index (χ0v) is 16.6. The molecule has 2 aromatic carbocycles. The highest BCUT2D eigenvalue weighted by atomic mass is 16.3. The topological polar surface area (TPSA) is 40.5 Å². The predicted octanol–water partition coefficient (Wildman–Crippen LogP) is 6.02. The van der Waals surface area contributed by atoms with Gasteiger partial charge in [0.15, 0.2) is 0 Å². The maximum Gasteiger partial charge on any atom is 0.0681 e. The molecule has 0 saturated carbocycles. The van der Waals surface area contributed by atoms with Gasteiger partial charge in [0.05, 0.1) is 13.2 Å². The molecule has 0 saturated heterocycles. The molecule has 0 aromatic heterocycles. The number of benzene rings is 2. The van der Waals surface area contributed by atoms with Crippen molar-refractivity contribution in [2.24, 2.45) is 5.41 Å². The van der Waals surface area contributed by atoms with Gasteiger partial charge in [-0.15, -0.1) is 0 Å². The minimum Gasteiger partial charge on any atom is -0.392 e. The van der Waals surface area contributed by atoms with Crippen LogP contribution in [0.4, 0.5) is 0 Å². The summed E-state index contributed by atoms with van der Waals surface area (Å²) in [7, 11) is 0. The van der Waals surface area contributed by atoms with Gasteiger partial charge in [-0.2, -0.15) is 0 Å². The molecule has 0 aliphatic rings. The largest absolute Gasteiger partial charge is 0.392 e. The van der Waals surface area contributed by atoms with Gasteiger partial charge in [-0.25, -0.2) is 0 Å². The summed E-state index contributed by atoms with van der Waals surface area (Å²) in [6, 6.07) is 16.1. The third kappa shape index (κ3) is 8.64. The van der Waals surface area contributed by atoms with E-state index >= 15 is 0 Å². The maximum atomic E-state index is 9.02. The molecular weight excluding hydrogens is 320 g/mol. The van der Waals surface area contributed by atoms with Crippen molar-refractivity contribution in [1.82, 2.24) is 0 Å². The molecule has 0 heterocycles. The van der Waals surface area contributed by atoms with E-state index in [2.05, 4.69) is 46.8 Å². The first-order valence-electron chi connectivity index (χ1n) is 8.94. The lowest BCUT2D eigenvalue weighted by Crippen LogP contribution is -2.24. The highest BCUT2D eigenvalue weighted by Crippen LogP contribution is 2.36. The van der Waals surface area contributed by atoms with E-state index in [4.69, 9.17) is 10.2 Å². The lowest BCUT2D eigenvalue weighted by Gasteiger charge is -2.33. The molecule has 0 unspecified atom stereocenters. The summed E-state index contributed by atoms with van der Waals surface area (Å²) in [5, 5.41) is 17.6. The second-order valence-corrected chi connectivity index (χ2v) is 8.62. The number of aliphatic hydroxyl groups excluding tert-OH is 2. The van der Waals surface area contributed by atoms with Crippen molar-refractivity contribution in [2.75, 3.05) is 0 Å². The zero-order valence-electron chi connectivity index (χ0n) is 16.6. The molecule has 2 heteroatoms. The van der Waals surface area contributed by atoms with Crippen LogP contribution in [0.2, 0.25) is 0 Å². The third-order valence-electron chi connectivity index (χ3n) is 4.19. The molecule has 2 N–H and O–H groups in total. The Hall–Kier alpha value is -1.64. The van der Waals surface area contributed by atoms with Crippen LogP contribution >= 0.6 is 0 Å². The first-order valence-corrected chi connectivity index (χ1v) is 8.94. The van der Waals surface area contributed by atoms with E-state index in [1.165, 1.54) is 11.1 Å². The lowest BCUT2D eigenvalue weighted by molar-refractivity contribution is 0.279. The fourth-order valence-corrected chi connectivity index (χ4v) is 3.18. The molecule has 0 atom stereocenters. The van der Waals surface area contributed by atoms with Gasteiger partial charge in [0.2, 0.25) is 0 Å². The van der Waals surface area contributed by atoms with Gasteiger partial charge in [0.25, 0.3) is 0 Å². The van der Waals surface area contributed by atoms with Gasteiger partial charge in [-0.05, 0) is 40.9 Å². The van der Waals surface area contributed by atoms with Gasteiger partial charge in [-0.3, -0.25) is 0 Å². The molecule has 26 heavy (non-hydrogen) atoms. The van der Waals surface area contributed by atoms with Crippen molar-refractivity contribution >= 4 is 0 Å². The number of hydrogen-bond acceptors (Lipinski definition) is 2. The van der Waals surface area contributed by atoms with Crippen molar-refractivity contribution in [2.45, 2.75) is 74.0 Å². The number of aliphatic hydroxyl groups is 2. The van der Waals surface area contributed by atoms with Crippen LogP contribution in [0.5, 0.6) is 0 Å². The SMILES string of the molecule is C.CC(C)(C)CC(C)(C)c1ccc(CO)cc1.Cc1ccc(CO)cc1. The van der Waals surface area contributed by atoms with Crippen LogP contribution in [0.3, 0.4) is 0 Å². The molecule has 0 amide bonds. The fourth-order valence-electron chi connectivity index (χ4n) is 3.18. The molecule has 0 spiro atoms. The van der Waals surface area contributed by atoms with Gasteiger partial charge in [-0.1, -0.05) is 96.1 Å². The molecule has 0 radical (unpaired) electrons. The average Bonchev–Trinajstić information content (AvgIpc) is 2.54. The molecular formula is C24H38O2. The van der Waals surface area contributed by atoms with E-state index in [0.29, 0.717) is 5.41 Å². The van der Waals surface area contributed by atoms with E-state index in [-0.39, 0.29) is 26.1 Å². The summed E-state index contributed by atoms with van der Waals surface area (Å²) in [6.07, 6.45) is 1.15. The van der Waals surface area contributed by atoms with E-state index in [0.717, 1.165) is 17.5 Å². The fraction of sp³-hybridized carbons (Fsp3) is 0.500. The smallest absolute Gasteiger partial charge is 0.0681 e. The lowest BCUT2D eigenvalue weighted by atomic mass is 9.72. The van der Waals surface area contributed by atoms with E-state index in [9.17, 15) is 0 Å². The Morgan fingerprint density at radius 1 is 0.692 bits per heavy atom. The van der Waals surface area contributed by atoms with Crippen molar-refractivity contribution in [3.8, 4) is 0 Å². The van der Waals surface area contributed by atoms with E-state index in [1.54, 1.807) is 0 Å². The van der Waals surface area contributed by atoms with Gasteiger partial charge in [0, 0.05) is 0 Å². The van der Waals surface area contributed by atoms with Crippen LogP contribution in [0.25, 0.3) is 0 Å². The van der Waals surface area contributed by atoms with Crippen LogP contribution < -0.4 is 0 Å². The van der Waals surface area contributed by atoms with Crippen molar-refractivity contribution < 1.29 is 10.2 Å². The summed E-state index contributed by atoms with van der Waals surface area (Å²) in [6.45, 7) is 13.7. The van der Waals surface area contributed by atoms with Crippen molar-refractivity contribution in [1.29, 1.82) is 0 Å². The van der Waals surface area contributed by atoms with E-state index in [1.807, 2.05) is 43.3 Å². The Morgan fingerprint density at radius 3 is 1.42 bits per heavy atom. The first kappa shape index (κ1) is 24.4. The third-order valence-corrected chi connectivity index (χ3v) is 4.19. The van der Waals surface area contributed by atoms with Gasteiger partial charge >= 0.3 is 0 Å². The molecule has 0 bridgehead atoms. The minimum atomic E-state index is 0. The normalized spacial score (nSPS) is 11.2. The molecule has 2 rings (SSSR count).